The Kier molecular flexibility index (Phi) is 3.12. The van der Waals surface area contributed by atoms with Crippen LogP contribution < -0.4 is 0 Å². The number of aliphatic carboxylic acids is 1. The van der Waals surface area contributed by atoms with Crippen LogP contribution in [-0.4, -0.2) is 20.6 Å². The van der Waals surface area contributed by atoms with Gasteiger partial charge in [-0.2, -0.15) is 0 Å². The van der Waals surface area contributed by atoms with Crippen LogP contribution in [0, 0.1) is 0 Å². The molecule has 0 radical (unpaired) electrons. The molecule has 19 heavy (non-hydrogen) atoms. The van der Waals surface area contributed by atoms with E-state index in [1.807, 2.05) is 36.4 Å². The standard InChI is InChI=1S/C13H9BrN2O2S/c14-11-6-5-10(19-11)13-15-8-3-1-2-4-9(8)16(13)7-12(17)18/h1-6H,7H2,(H,17,18). The molecule has 6 heteroatoms. The normalized spacial score (nSPS) is 11.0. The van der Waals surface area contributed by atoms with E-state index in [0.717, 1.165) is 19.7 Å². The van der Waals surface area contributed by atoms with Gasteiger partial charge < -0.3 is 9.67 Å². The Labute approximate surface area is 121 Å². The van der Waals surface area contributed by atoms with Crippen LogP contribution in [0.3, 0.4) is 0 Å². The van der Waals surface area contributed by atoms with Gasteiger partial charge in [-0.25, -0.2) is 4.98 Å². The third kappa shape index (κ3) is 2.29. The van der Waals surface area contributed by atoms with Crippen LogP contribution in [0.25, 0.3) is 21.7 Å². The number of imidazole rings is 1. The van der Waals surface area contributed by atoms with Crippen molar-refractivity contribution in [2.75, 3.05) is 0 Å². The van der Waals surface area contributed by atoms with E-state index in [2.05, 4.69) is 20.9 Å². The summed E-state index contributed by atoms with van der Waals surface area (Å²) in [6, 6.07) is 11.4. The van der Waals surface area contributed by atoms with E-state index >= 15 is 0 Å². The van der Waals surface area contributed by atoms with Crippen molar-refractivity contribution in [2.45, 2.75) is 6.54 Å². The quantitative estimate of drug-likeness (QED) is 0.794. The van der Waals surface area contributed by atoms with Gasteiger partial charge in [0.05, 0.1) is 19.7 Å². The van der Waals surface area contributed by atoms with E-state index in [9.17, 15) is 4.79 Å². The molecule has 0 aliphatic carbocycles. The van der Waals surface area contributed by atoms with E-state index in [0.29, 0.717) is 5.82 Å². The highest BCUT2D eigenvalue weighted by atomic mass is 79.9. The van der Waals surface area contributed by atoms with E-state index in [1.54, 1.807) is 4.57 Å². The number of halogens is 1. The average Bonchev–Trinajstić information content (AvgIpc) is 2.94. The zero-order valence-corrected chi connectivity index (χ0v) is 12.1. The Morgan fingerprint density at radius 1 is 1.32 bits per heavy atom. The number of aromatic nitrogens is 2. The fourth-order valence-corrected chi connectivity index (χ4v) is 3.38. The van der Waals surface area contributed by atoms with Crippen molar-refractivity contribution in [3.8, 4) is 10.7 Å². The van der Waals surface area contributed by atoms with Gasteiger partial charge in [-0.3, -0.25) is 4.79 Å². The third-order valence-corrected chi connectivity index (χ3v) is 4.36. The van der Waals surface area contributed by atoms with Crippen molar-refractivity contribution in [3.05, 3.63) is 40.2 Å². The van der Waals surface area contributed by atoms with Crippen LogP contribution in [0.4, 0.5) is 0 Å². The van der Waals surface area contributed by atoms with Crippen molar-refractivity contribution in [3.63, 3.8) is 0 Å². The number of rotatable bonds is 3. The molecule has 0 amide bonds. The lowest BCUT2D eigenvalue weighted by molar-refractivity contribution is -0.137. The molecule has 0 spiro atoms. The van der Waals surface area contributed by atoms with Crippen LogP contribution in [0.15, 0.2) is 40.2 Å². The molecule has 0 aliphatic rings. The lowest BCUT2D eigenvalue weighted by Gasteiger charge is -2.04. The maximum atomic E-state index is 11.0. The number of nitrogens with zero attached hydrogens (tertiary/aromatic N) is 2. The topological polar surface area (TPSA) is 55.1 Å². The predicted molar refractivity (Wildman–Crippen MR) is 78.4 cm³/mol. The second-order valence-electron chi connectivity index (χ2n) is 4.01. The van der Waals surface area contributed by atoms with E-state index < -0.39 is 5.97 Å². The summed E-state index contributed by atoms with van der Waals surface area (Å²) in [5.41, 5.74) is 1.65. The van der Waals surface area contributed by atoms with Gasteiger partial charge in [0, 0.05) is 0 Å². The lowest BCUT2D eigenvalue weighted by Crippen LogP contribution is -2.09. The summed E-state index contributed by atoms with van der Waals surface area (Å²) in [4.78, 5) is 16.5. The minimum absolute atomic E-state index is 0.0919. The highest BCUT2D eigenvalue weighted by molar-refractivity contribution is 9.11. The number of carbonyl (C=O) groups is 1. The molecular formula is C13H9BrN2O2S. The summed E-state index contributed by atoms with van der Waals surface area (Å²) in [6.07, 6.45) is 0. The molecule has 3 rings (SSSR count). The number of carboxylic acids is 1. The molecule has 2 heterocycles. The van der Waals surface area contributed by atoms with E-state index in [1.165, 1.54) is 11.3 Å². The molecule has 0 fully saturated rings. The first-order chi connectivity index (χ1) is 9.15. The fraction of sp³-hybridized carbons (Fsp3) is 0.0769. The summed E-state index contributed by atoms with van der Waals surface area (Å²) >= 11 is 4.95. The van der Waals surface area contributed by atoms with Crippen LogP contribution in [0.2, 0.25) is 0 Å². The molecule has 0 unspecified atom stereocenters. The van der Waals surface area contributed by atoms with Gasteiger partial charge in [0.1, 0.15) is 6.54 Å². The minimum Gasteiger partial charge on any atom is -0.480 e. The molecular weight excluding hydrogens is 328 g/mol. The van der Waals surface area contributed by atoms with Crippen LogP contribution in [0.1, 0.15) is 0 Å². The van der Waals surface area contributed by atoms with Crippen LogP contribution >= 0.6 is 27.3 Å². The maximum Gasteiger partial charge on any atom is 0.323 e. The molecule has 1 aromatic carbocycles. The molecule has 0 bridgehead atoms. The predicted octanol–water partition coefficient (Wildman–Crippen LogP) is 3.61. The Hall–Kier alpha value is -1.66. The van der Waals surface area contributed by atoms with Crippen LogP contribution in [0.5, 0.6) is 0 Å². The molecule has 1 N–H and O–H groups in total. The molecule has 0 atom stereocenters. The van der Waals surface area contributed by atoms with Gasteiger partial charge in [0.2, 0.25) is 0 Å². The van der Waals surface area contributed by atoms with Crippen molar-refractivity contribution in [1.82, 2.24) is 9.55 Å². The summed E-state index contributed by atoms with van der Waals surface area (Å²) in [5.74, 6) is -0.181. The highest BCUT2D eigenvalue weighted by Crippen LogP contribution is 2.32. The zero-order valence-electron chi connectivity index (χ0n) is 9.71. The Balaban J connectivity index is 2.25. The Morgan fingerprint density at radius 2 is 2.11 bits per heavy atom. The first-order valence-electron chi connectivity index (χ1n) is 5.58. The SMILES string of the molecule is O=C(O)Cn1c(-c2ccc(Br)s2)nc2ccccc21. The van der Waals surface area contributed by atoms with Crippen LogP contribution in [-0.2, 0) is 11.3 Å². The summed E-state index contributed by atoms with van der Waals surface area (Å²) < 4.78 is 2.73. The number of hydrogen-bond donors (Lipinski definition) is 1. The second-order valence-corrected chi connectivity index (χ2v) is 6.47. The average molecular weight is 337 g/mol. The molecule has 2 aromatic heterocycles. The van der Waals surface area contributed by atoms with Gasteiger partial charge >= 0.3 is 5.97 Å². The number of hydrogen-bond acceptors (Lipinski definition) is 3. The Bertz CT molecular complexity index is 763. The smallest absolute Gasteiger partial charge is 0.323 e. The Morgan fingerprint density at radius 3 is 2.79 bits per heavy atom. The number of fused-ring (bicyclic) bond motifs is 1. The molecule has 0 saturated carbocycles. The first kappa shape index (κ1) is 12.4. The molecule has 3 aromatic rings. The molecule has 96 valence electrons. The highest BCUT2D eigenvalue weighted by Gasteiger charge is 2.15. The zero-order chi connectivity index (χ0) is 13.4. The maximum absolute atomic E-state index is 11.0. The summed E-state index contributed by atoms with van der Waals surface area (Å²) in [7, 11) is 0. The first-order valence-corrected chi connectivity index (χ1v) is 7.19. The number of carboxylic acid groups (broad SMARTS) is 1. The number of thiophene rings is 1. The van der Waals surface area contributed by atoms with Gasteiger partial charge in [-0.1, -0.05) is 12.1 Å². The van der Waals surface area contributed by atoms with Crippen molar-refractivity contribution in [1.29, 1.82) is 0 Å². The summed E-state index contributed by atoms with van der Waals surface area (Å²) in [5, 5.41) is 9.07. The van der Waals surface area contributed by atoms with Gasteiger partial charge in [-0.15, -0.1) is 11.3 Å². The monoisotopic (exact) mass is 336 g/mol. The summed E-state index contributed by atoms with van der Waals surface area (Å²) in [6.45, 7) is -0.0919. The van der Waals surface area contributed by atoms with Gasteiger partial charge in [0.15, 0.2) is 5.82 Å². The number of para-hydroxylation sites is 2. The lowest BCUT2D eigenvalue weighted by atomic mass is 10.3. The minimum atomic E-state index is -0.875. The van der Waals surface area contributed by atoms with Gasteiger partial charge in [0.25, 0.3) is 0 Å². The van der Waals surface area contributed by atoms with Crippen molar-refractivity contribution < 1.29 is 9.90 Å². The molecule has 0 aliphatic heterocycles. The largest absolute Gasteiger partial charge is 0.480 e. The third-order valence-electron chi connectivity index (χ3n) is 2.74. The van der Waals surface area contributed by atoms with E-state index in [-0.39, 0.29) is 6.54 Å². The second kappa shape index (κ2) is 4.79. The van der Waals surface area contributed by atoms with E-state index in [4.69, 9.17) is 5.11 Å². The molecule has 4 nitrogen and oxygen atoms in total. The number of benzene rings is 1. The van der Waals surface area contributed by atoms with Crippen molar-refractivity contribution >= 4 is 44.3 Å². The molecule has 0 saturated heterocycles. The van der Waals surface area contributed by atoms with Crippen molar-refractivity contribution in [2.24, 2.45) is 0 Å². The van der Waals surface area contributed by atoms with Gasteiger partial charge in [-0.05, 0) is 40.2 Å². The fourth-order valence-electron chi connectivity index (χ4n) is 1.99.